The monoisotopic (exact) mass is 321 g/mol. The largest absolute Gasteiger partial charge is 0.222 e. The molecule has 3 rings (SSSR count). The molecule has 0 bridgehead atoms. The lowest BCUT2D eigenvalue weighted by atomic mass is 9.94. The number of pyridine rings is 1. The average Bonchev–Trinajstić information content (AvgIpc) is 2.45. The van der Waals surface area contributed by atoms with E-state index >= 15 is 0 Å². The first-order chi connectivity index (χ1) is 10.4. The minimum atomic E-state index is -4.94. The van der Waals surface area contributed by atoms with Gasteiger partial charge in [-0.1, -0.05) is 12.1 Å². The third-order valence-corrected chi connectivity index (χ3v) is 3.61. The van der Waals surface area contributed by atoms with Crippen molar-refractivity contribution in [3.8, 4) is 12.3 Å². The molecule has 1 aromatic carbocycles. The second-order valence-electron chi connectivity index (χ2n) is 5.05. The molecule has 0 amide bonds. The van der Waals surface area contributed by atoms with E-state index in [9.17, 15) is 0 Å². The van der Waals surface area contributed by atoms with Crippen molar-refractivity contribution in [3.63, 3.8) is 0 Å². The second kappa shape index (κ2) is 7.05. The van der Waals surface area contributed by atoms with Crippen LogP contribution in [-0.4, -0.2) is 0 Å². The van der Waals surface area contributed by atoms with Gasteiger partial charge in [0.1, 0.15) is 0 Å². The molecule has 0 unspecified atom stereocenters. The van der Waals surface area contributed by atoms with E-state index < -0.39 is 10.2 Å². The van der Waals surface area contributed by atoms with Gasteiger partial charge in [-0.2, -0.15) is 4.57 Å². The van der Waals surface area contributed by atoms with Crippen LogP contribution in [0.1, 0.15) is 24.1 Å². The van der Waals surface area contributed by atoms with Crippen LogP contribution in [0.15, 0.2) is 30.3 Å². The second-order valence-corrected chi connectivity index (χ2v) is 5.81. The molecular formula is C16H16ClNO4. The van der Waals surface area contributed by atoms with Crippen molar-refractivity contribution in [2.45, 2.75) is 32.2 Å². The zero-order chi connectivity index (χ0) is 16.2. The van der Waals surface area contributed by atoms with E-state index in [1.165, 1.54) is 47.8 Å². The Morgan fingerprint density at radius 2 is 1.73 bits per heavy atom. The van der Waals surface area contributed by atoms with Crippen LogP contribution < -0.4 is 23.2 Å². The van der Waals surface area contributed by atoms with Crippen LogP contribution in [0.2, 0.25) is 0 Å². The van der Waals surface area contributed by atoms with Crippen molar-refractivity contribution in [2.75, 3.05) is 0 Å². The summed E-state index contributed by atoms with van der Waals surface area (Å²) < 4.78 is 36.3. The third kappa shape index (κ3) is 4.41. The van der Waals surface area contributed by atoms with E-state index in [0.717, 1.165) is 0 Å². The van der Waals surface area contributed by atoms with Gasteiger partial charge in [-0.15, -0.1) is 16.7 Å². The van der Waals surface area contributed by atoms with Gasteiger partial charge < -0.3 is 0 Å². The SMILES string of the molecule is C#CC[n+]1c2c(cc3ccccc31)CCCC2.[O-][Cl+3]([O-])([O-])[O-]. The van der Waals surface area contributed by atoms with Gasteiger partial charge in [-0.3, -0.25) is 0 Å². The molecule has 0 radical (unpaired) electrons. The fourth-order valence-electron chi connectivity index (χ4n) is 2.84. The number of benzene rings is 1. The minimum absolute atomic E-state index is 0.684. The van der Waals surface area contributed by atoms with Crippen molar-refractivity contribution >= 4 is 10.9 Å². The molecule has 6 heteroatoms. The van der Waals surface area contributed by atoms with E-state index in [4.69, 9.17) is 25.1 Å². The van der Waals surface area contributed by atoms with E-state index in [0.29, 0.717) is 6.54 Å². The van der Waals surface area contributed by atoms with Crippen molar-refractivity contribution in [2.24, 2.45) is 0 Å². The summed E-state index contributed by atoms with van der Waals surface area (Å²) in [5, 5.41) is 1.31. The lowest BCUT2D eigenvalue weighted by molar-refractivity contribution is -2.00. The van der Waals surface area contributed by atoms with Gasteiger partial charge in [-0.25, -0.2) is 18.6 Å². The van der Waals surface area contributed by atoms with Gasteiger partial charge in [-0.05, 0) is 37.3 Å². The highest BCUT2D eigenvalue weighted by Gasteiger charge is 2.22. The maximum atomic E-state index is 8.49. The summed E-state index contributed by atoms with van der Waals surface area (Å²) in [5.74, 6) is 2.79. The normalized spacial score (nSPS) is 13.8. The Balaban J connectivity index is 0.000000309. The van der Waals surface area contributed by atoms with Gasteiger partial charge in [0.15, 0.2) is 5.69 Å². The first-order valence-electron chi connectivity index (χ1n) is 6.88. The van der Waals surface area contributed by atoms with Crippen molar-refractivity contribution in [3.05, 3.63) is 41.6 Å². The summed E-state index contributed by atoms with van der Waals surface area (Å²) in [7, 11) is -4.94. The summed E-state index contributed by atoms with van der Waals surface area (Å²) in [4.78, 5) is 0. The molecule has 116 valence electrons. The highest BCUT2D eigenvalue weighted by atomic mass is 35.7. The van der Waals surface area contributed by atoms with Crippen LogP contribution >= 0.6 is 0 Å². The predicted octanol–water partition coefficient (Wildman–Crippen LogP) is -2.12. The summed E-state index contributed by atoms with van der Waals surface area (Å²) in [5.41, 5.74) is 4.21. The van der Waals surface area contributed by atoms with E-state index in [2.05, 4.69) is 40.8 Å². The number of hydrogen-bond donors (Lipinski definition) is 0. The number of terminal acetylenes is 1. The Hall–Kier alpha value is -1.68. The zero-order valence-electron chi connectivity index (χ0n) is 12.0. The lowest BCUT2D eigenvalue weighted by Gasteiger charge is -2.17. The Morgan fingerprint density at radius 1 is 1.09 bits per heavy atom. The fraction of sp³-hybridized carbons (Fsp3) is 0.312. The zero-order valence-corrected chi connectivity index (χ0v) is 12.7. The Kier molecular flexibility index (Phi) is 5.35. The number of hydrogen-bond acceptors (Lipinski definition) is 4. The van der Waals surface area contributed by atoms with Gasteiger partial charge in [0.25, 0.3) is 0 Å². The Labute approximate surface area is 131 Å². The number of fused-ring (bicyclic) bond motifs is 2. The summed E-state index contributed by atoms with van der Waals surface area (Å²) in [6.45, 7) is 0.684. The summed E-state index contributed by atoms with van der Waals surface area (Å²) in [6.07, 6.45) is 10.5. The number of nitrogens with zero attached hydrogens (tertiary/aromatic N) is 1. The lowest BCUT2D eigenvalue weighted by Crippen LogP contribution is -2.68. The Morgan fingerprint density at radius 3 is 2.41 bits per heavy atom. The third-order valence-electron chi connectivity index (χ3n) is 3.61. The van der Waals surface area contributed by atoms with Crippen molar-refractivity contribution in [1.82, 2.24) is 0 Å². The van der Waals surface area contributed by atoms with Crippen LogP contribution in [0.5, 0.6) is 0 Å². The number of rotatable bonds is 1. The molecule has 1 aliphatic rings. The minimum Gasteiger partial charge on any atom is -0.222 e. The predicted molar refractivity (Wildman–Crippen MR) is 69.6 cm³/mol. The van der Waals surface area contributed by atoms with E-state index in [-0.39, 0.29) is 0 Å². The molecule has 1 aliphatic carbocycles. The van der Waals surface area contributed by atoms with Gasteiger partial charge >= 0.3 is 0 Å². The molecule has 0 fully saturated rings. The smallest absolute Gasteiger partial charge is 0.213 e. The molecule has 22 heavy (non-hydrogen) atoms. The Bertz CT molecular complexity index is 698. The highest BCUT2D eigenvalue weighted by molar-refractivity contribution is 5.76. The summed E-state index contributed by atoms with van der Waals surface area (Å²) in [6, 6.07) is 10.9. The molecule has 0 atom stereocenters. The topological polar surface area (TPSA) is 96.1 Å². The van der Waals surface area contributed by atoms with Crippen LogP contribution in [0.4, 0.5) is 0 Å². The first kappa shape index (κ1) is 16.7. The van der Waals surface area contributed by atoms with Crippen LogP contribution in [0, 0.1) is 22.6 Å². The molecular weight excluding hydrogens is 306 g/mol. The van der Waals surface area contributed by atoms with E-state index in [1.54, 1.807) is 0 Å². The molecule has 2 aromatic rings. The molecule has 0 spiro atoms. The number of aromatic nitrogens is 1. The molecule has 1 aromatic heterocycles. The molecule has 0 saturated heterocycles. The number of aryl methyl sites for hydroxylation is 1. The van der Waals surface area contributed by atoms with Crippen LogP contribution in [-0.2, 0) is 19.4 Å². The molecule has 0 saturated carbocycles. The average molecular weight is 322 g/mol. The summed E-state index contributed by atoms with van der Waals surface area (Å²) >= 11 is 0. The quantitative estimate of drug-likeness (QED) is 0.443. The van der Waals surface area contributed by atoms with Gasteiger partial charge in [0, 0.05) is 23.4 Å². The van der Waals surface area contributed by atoms with Gasteiger partial charge in [0.2, 0.25) is 12.1 Å². The van der Waals surface area contributed by atoms with Crippen LogP contribution in [0.3, 0.4) is 0 Å². The molecule has 0 N–H and O–H groups in total. The number of para-hydroxylation sites is 1. The molecule has 1 heterocycles. The number of halogens is 1. The maximum absolute atomic E-state index is 8.49. The molecule has 0 aliphatic heterocycles. The molecule has 5 nitrogen and oxygen atoms in total. The highest BCUT2D eigenvalue weighted by Crippen LogP contribution is 2.22. The first-order valence-corrected chi connectivity index (χ1v) is 8.12. The fourth-order valence-corrected chi connectivity index (χ4v) is 2.84. The van der Waals surface area contributed by atoms with E-state index in [1.807, 2.05) is 0 Å². The maximum Gasteiger partial charge on any atom is 0.213 e. The van der Waals surface area contributed by atoms with Gasteiger partial charge in [0.05, 0.1) is 0 Å². The van der Waals surface area contributed by atoms with Crippen LogP contribution in [0.25, 0.3) is 10.9 Å². The standard InChI is InChI=1S/C16H16N.ClHO4/c1-2-11-17-15-9-5-3-7-13(15)12-14-8-4-6-10-16(14)17;2-1(3,4)5/h1,3,5,7,9,12H,4,6,8,10-11H2;(H,2,3,4,5)/q+1;/p-1. The van der Waals surface area contributed by atoms with Crippen molar-refractivity contribution in [1.29, 1.82) is 0 Å². The van der Waals surface area contributed by atoms with Crippen molar-refractivity contribution < 1.29 is 33.4 Å².